The Labute approximate surface area is 206 Å². The lowest BCUT2D eigenvalue weighted by atomic mass is 10.2. The summed E-state index contributed by atoms with van der Waals surface area (Å²) in [4.78, 5) is 34.8. The molecule has 9 heteroatoms. The molecule has 9 nitrogen and oxygen atoms in total. The van der Waals surface area contributed by atoms with Gasteiger partial charge in [-0.05, 0) is 29.3 Å². The first-order valence-corrected chi connectivity index (χ1v) is 11.2. The summed E-state index contributed by atoms with van der Waals surface area (Å²) in [6.45, 7) is 0.894. The van der Waals surface area contributed by atoms with Gasteiger partial charge in [-0.25, -0.2) is 9.78 Å². The molecule has 0 bridgehead atoms. The molecule has 1 aromatic carbocycles. The zero-order chi connectivity index (χ0) is 24.9. The number of rotatable bonds is 8. The highest BCUT2D eigenvalue weighted by Crippen LogP contribution is 2.33. The monoisotopic (exact) mass is 481 g/mol. The lowest BCUT2D eigenvalue weighted by Gasteiger charge is -2.11. The number of amides is 1. The quantitative estimate of drug-likeness (QED) is 0.308. The van der Waals surface area contributed by atoms with E-state index in [0.717, 1.165) is 16.8 Å². The molecular formula is C27H23N5O4. The summed E-state index contributed by atoms with van der Waals surface area (Å²) in [5.41, 5.74) is 4.07. The van der Waals surface area contributed by atoms with Gasteiger partial charge in [-0.15, -0.1) is 0 Å². The zero-order valence-corrected chi connectivity index (χ0v) is 19.5. The summed E-state index contributed by atoms with van der Waals surface area (Å²) in [7, 11) is 1.31. The number of fused-ring (bicyclic) bond motifs is 1. The van der Waals surface area contributed by atoms with Crippen LogP contribution in [0.1, 0.15) is 32.0 Å². The lowest BCUT2D eigenvalue weighted by molar-refractivity contribution is 0.0591. The van der Waals surface area contributed by atoms with E-state index in [1.165, 1.54) is 19.6 Å². The molecular weight excluding hydrogens is 458 g/mol. The second-order valence-electron chi connectivity index (χ2n) is 8.06. The highest BCUT2D eigenvalue weighted by molar-refractivity contribution is 6.14. The largest absolute Gasteiger partial charge is 0.472 e. The van der Waals surface area contributed by atoms with Crippen LogP contribution in [0.4, 0.5) is 11.4 Å². The molecule has 4 heterocycles. The number of methoxy groups -OCH3 is 1. The SMILES string of the molecule is COC(=O)c1c(NC(=O)c2ccoc2)c2cc(NCc3cccnc3)cnc2n1Cc1ccccc1. The summed E-state index contributed by atoms with van der Waals surface area (Å²) >= 11 is 0. The van der Waals surface area contributed by atoms with E-state index in [-0.39, 0.29) is 5.69 Å². The molecule has 36 heavy (non-hydrogen) atoms. The van der Waals surface area contributed by atoms with Crippen molar-refractivity contribution in [2.45, 2.75) is 13.1 Å². The van der Waals surface area contributed by atoms with Crippen LogP contribution in [-0.4, -0.2) is 33.5 Å². The lowest BCUT2D eigenvalue weighted by Crippen LogP contribution is -2.17. The van der Waals surface area contributed by atoms with Crippen molar-refractivity contribution in [2.75, 3.05) is 17.7 Å². The van der Waals surface area contributed by atoms with Crippen LogP contribution in [0, 0.1) is 0 Å². The molecule has 5 rings (SSSR count). The number of carbonyl (C=O) groups is 2. The van der Waals surface area contributed by atoms with Crippen molar-refractivity contribution in [3.8, 4) is 0 Å². The predicted octanol–water partition coefficient (Wildman–Crippen LogP) is 4.72. The second-order valence-corrected chi connectivity index (χ2v) is 8.06. The molecule has 1 amide bonds. The van der Waals surface area contributed by atoms with Crippen LogP contribution in [0.5, 0.6) is 0 Å². The number of anilines is 2. The summed E-state index contributed by atoms with van der Waals surface area (Å²) in [5, 5.41) is 6.80. The van der Waals surface area contributed by atoms with E-state index in [2.05, 4.69) is 20.6 Å². The fourth-order valence-electron chi connectivity index (χ4n) is 3.96. The van der Waals surface area contributed by atoms with Crippen LogP contribution in [0.3, 0.4) is 0 Å². The number of hydrogen-bond acceptors (Lipinski definition) is 7. The normalized spacial score (nSPS) is 10.8. The van der Waals surface area contributed by atoms with Crippen molar-refractivity contribution in [1.29, 1.82) is 0 Å². The fraction of sp³-hybridized carbons (Fsp3) is 0.111. The van der Waals surface area contributed by atoms with Crippen molar-refractivity contribution in [1.82, 2.24) is 14.5 Å². The van der Waals surface area contributed by atoms with Crippen LogP contribution >= 0.6 is 0 Å². The van der Waals surface area contributed by atoms with Gasteiger partial charge in [0, 0.05) is 30.9 Å². The van der Waals surface area contributed by atoms with Gasteiger partial charge in [0.25, 0.3) is 5.91 Å². The van der Waals surface area contributed by atoms with Gasteiger partial charge in [-0.3, -0.25) is 9.78 Å². The highest BCUT2D eigenvalue weighted by atomic mass is 16.5. The van der Waals surface area contributed by atoms with E-state index in [1.54, 1.807) is 29.2 Å². The number of hydrogen-bond donors (Lipinski definition) is 2. The van der Waals surface area contributed by atoms with Gasteiger partial charge < -0.3 is 24.4 Å². The van der Waals surface area contributed by atoms with E-state index in [4.69, 9.17) is 9.15 Å². The number of benzene rings is 1. The molecule has 0 saturated carbocycles. The molecule has 0 atom stereocenters. The van der Waals surface area contributed by atoms with Gasteiger partial charge in [-0.1, -0.05) is 36.4 Å². The Morgan fingerprint density at radius 1 is 1.06 bits per heavy atom. The number of nitrogens with zero attached hydrogens (tertiary/aromatic N) is 3. The molecule has 0 aliphatic heterocycles. The first kappa shape index (κ1) is 22.9. The van der Waals surface area contributed by atoms with Gasteiger partial charge in [0.15, 0.2) is 5.69 Å². The third-order valence-electron chi connectivity index (χ3n) is 5.70. The minimum atomic E-state index is -0.587. The number of nitrogens with one attached hydrogen (secondary N) is 2. The molecule has 0 aliphatic rings. The fourth-order valence-corrected chi connectivity index (χ4v) is 3.96. The average molecular weight is 482 g/mol. The summed E-state index contributed by atoms with van der Waals surface area (Å²) in [6.07, 6.45) is 7.95. The molecule has 0 fully saturated rings. The van der Waals surface area contributed by atoms with E-state index in [9.17, 15) is 9.59 Å². The molecule has 4 aromatic heterocycles. The Bertz CT molecular complexity index is 1500. The smallest absolute Gasteiger partial charge is 0.356 e. The van der Waals surface area contributed by atoms with Crippen molar-refractivity contribution < 1.29 is 18.7 Å². The molecule has 0 aliphatic carbocycles. The number of carbonyl (C=O) groups excluding carboxylic acids is 2. The molecule has 0 saturated heterocycles. The molecule has 5 aromatic rings. The maximum atomic E-state index is 13.0. The zero-order valence-electron chi connectivity index (χ0n) is 19.5. The summed E-state index contributed by atoms with van der Waals surface area (Å²) in [6, 6.07) is 16.9. The van der Waals surface area contributed by atoms with Gasteiger partial charge >= 0.3 is 5.97 Å². The number of furan rings is 1. The van der Waals surface area contributed by atoms with Crippen molar-refractivity contribution in [3.05, 3.63) is 108 Å². The van der Waals surface area contributed by atoms with Crippen LogP contribution in [0.25, 0.3) is 11.0 Å². The topological polar surface area (TPSA) is 111 Å². The average Bonchev–Trinajstić information content (AvgIpc) is 3.56. The van der Waals surface area contributed by atoms with Crippen LogP contribution in [0.2, 0.25) is 0 Å². The van der Waals surface area contributed by atoms with Crippen molar-refractivity contribution in [3.63, 3.8) is 0 Å². The first-order valence-electron chi connectivity index (χ1n) is 11.2. The van der Waals surface area contributed by atoms with Gasteiger partial charge in [0.1, 0.15) is 11.9 Å². The number of aromatic nitrogens is 3. The van der Waals surface area contributed by atoms with Crippen LogP contribution < -0.4 is 10.6 Å². The van der Waals surface area contributed by atoms with E-state index < -0.39 is 11.9 Å². The third kappa shape index (κ3) is 4.67. The molecule has 0 unspecified atom stereocenters. The first-order chi connectivity index (χ1) is 17.6. The molecule has 2 N–H and O–H groups in total. The minimum absolute atomic E-state index is 0.199. The molecule has 0 spiro atoms. The van der Waals surface area contributed by atoms with E-state index in [0.29, 0.717) is 35.4 Å². The Balaban J connectivity index is 1.61. The van der Waals surface area contributed by atoms with Gasteiger partial charge in [0.05, 0.1) is 36.5 Å². The summed E-state index contributed by atoms with van der Waals surface area (Å²) in [5.74, 6) is -1.00. The van der Waals surface area contributed by atoms with Crippen LogP contribution in [-0.2, 0) is 17.8 Å². The number of esters is 1. The van der Waals surface area contributed by atoms with E-state index >= 15 is 0 Å². The number of ether oxygens (including phenoxy) is 1. The maximum Gasteiger partial charge on any atom is 0.356 e. The van der Waals surface area contributed by atoms with Crippen molar-refractivity contribution >= 4 is 34.3 Å². The Hall–Kier alpha value is -4.92. The minimum Gasteiger partial charge on any atom is -0.472 e. The summed E-state index contributed by atoms with van der Waals surface area (Å²) < 4.78 is 11.9. The Morgan fingerprint density at radius 2 is 1.89 bits per heavy atom. The van der Waals surface area contributed by atoms with Crippen molar-refractivity contribution in [2.24, 2.45) is 0 Å². The Morgan fingerprint density at radius 3 is 2.61 bits per heavy atom. The molecule has 0 radical (unpaired) electrons. The maximum absolute atomic E-state index is 13.0. The van der Waals surface area contributed by atoms with Gasteiger partial charge in [0.2, 0.25) is 0 Å². The molecule has 180 valence electrons. The highest BCUT2D eigenvalue weighted by Gasteiger charge is 2.27. The third-order valence-corrected chi connectivity index (χ3v) is 5.70. The predicted molar refractivity (Wildman–Crippen MR) is 135 cm³/mol. The second kappa shape index (κ2) is 10.1. The van der Waals surface area contributed by atoms with Crippen LogP contribution in [0.15, 0.2) is 90.1 Å². The van der Waals surface area contributed by atoms with Gasteiger partial charge in [-0.2, -0.15) is 0 Å². The van der Waals surface area contributed by atoms with E-state index in [1.807, 2.05) is 48.5 Å². The Kier molecular flexibility index (Phi) is 6.44. The number of pyridine rings is 2. The standard InChI is InChI=1S/C27H23N5O4/c1-35-27(34)24-23(31-26(33)20-9-11-36-17-20)22-12-21(29-14-19-8-5-10-28-13-19)15-30-25(22)32(24)16-18-6-3-2-4-7-18/h2-13,15,17,29H,14,16H2,1H3,(H,31,33).